The van der Waals surface area contributed by atoms with Gasteiger partial charge in [-0.1, -0.05) is 0 Å². The van der Waals surface area contributed by atoms with Crippen molar-refractivity contribution < 1.29 is 22.7 Å². The number of fused-ring (bicyclic) bond motifs is 1. The quantitative estimate of drug-likeness (QED) is 0.755. The number of rotatable bonds is 6. The summed E-state index contributed by atoms with van der Waals surface area (Å²) in [4.78, 5) is 13.2. The van der Waals surface area contributed by atoms with Gasteiger partial charge in [0.1, 0.15) is 17.6 Å². The molecular weight excluding hydrogens is 404 g/mol. The SMILES string of the molecule is CCOc1cc2c(cc1NC(=O)c1cc(C)c(C)c(S(=O)(=O)N(C)C)c1)O[C@@H](C)C2. The van der Waals surface area contributed by atoms with Crippen molar-refractivity contribution in [2.45, 2.75) is 45.1 Å². The fourth-order valence-corrected chi connectivity index (χ4v) is 4.65. The molecule has 1 atom stereocenters. The second kappa shape index (κ2) is 8.28. The van der Waals surface area contributed by atoms with Gasteiger partial charge in [0.15, 0.2) is 0 Å². The highest BCUT2D eigenvalue weighted by molar-refractivity contribution is 7.89. The summed E-state index contributed by atoms with van der Waals surface area (Å²) in [5.74, 6) is 0.865. The Morgan fingerprint density at radius 1 is 1.23 bits per heavy atom. The first-order chi connectivity index (χ1) is 14.0. The molecule has 0 saturated carbocycles. The van der Waals surface area contributed by atoms with E-state index < -0.39 is 15.9 Å². The standard InChI is InChI=1S/C22H28N2O5S/c1-7-28-20-10-16-9-14(3)29-19(16)12-18(20)23-22(25)17-8-13(2)15(4)21(11-17)30(26,27)24(5)6/h8,10-12,14H,7,9H2,1-6H3,(H,23,25)/t14-/m0/s1. The predicted molar refractivity (Wildman–Crippen MR) is 116 cm³/mol. The van der Waals surface area contributed by atoms with Crippen LogP contribution in [0.4, 0.5) is 5.69 Å². The van der Waals surface area contributed by atoms with Crippen molar-refractivity contribution in [3.05, 3.63) is 46.5 Å². The van der Waals surface area contributed by atoms with Crippen molar-refractivity contribution >= 4 is 21.6 Å². The van der Waals surface area contributed by atoms with Crippen molar-refractivity contribution in [2.75, 3.05) is 26.0 Å². The molecule has 1 heterocycles. The molecule has 1 aliphatic heterocycles. The number of sulfonamides is 1. The van der Waals surface area contributed by atoms with Gasteiger partial charge in [-0.3, -0.25) is 4.79 Å². The van der Waals surface area contributed by atoms with Gasteiger partial charge in [0, 0.05) is 37.7 Å². The normalized spacial score (nSPS) is 15.6. The first-order valence-corrected chi connectivity index (χ1v) is 11.3. The van der Waals surface area contributed by atoms with Crippen LogP contribution in [0.5, 0.6) is 11.5 Å². The first-order valence-electron chi connectivity index (χ1n) is 9.86. The lowest BCUT2D eigenvalue weighted by molar-refractivity contribution is 0.102. The lowest BCUT2D eigenvalue weighted by Gasteiger charge is -2.17. The molecule has 1 aliphatic rings. The topological polar surface area (TPSA) is 84.9 Å². The van der Waals surface area contributed by atoms with Gasteiger partial charge in [-0.05, 0) is 57.0 Å². The van der Waals surface area contributed by atoms with Gasteiger partial charge < -0.3 is 14.8 Å². The number of nitrogens with zero attached hydrogens (tertiary/aromatic N) is 1. The van der Waals surface area contributed by atoms with E-state index in [1.54, 1.807) is 26.0 Å². The molecule has 0 aromatic heterocycles. The van der Waals surface area contributed by atoms with Crippen molar-refractivity contribution in [2.24, 2.45) is 0 Å². The number of anilines is 1. The molecule has 0 saturated heterocycles. The average Bonchev–Trinajstić information content (AvgIpc) is 3.02. The fraction of sp³-hybridized carbons (Fsp3) is 0.409. The van der Waals surface area contributed by atoms with Crippen molar-refractivity contribution in [1.82, 2.24) is 4.31 Å². The van der Waals surface area contributed by atoms with E-state index in [4.69, 9.17) is 9.47 Å². The van der Waals surface area contributed by atoms with Gasteiger partial charge in [-0.15, -0.1) is 0 Å². The highest BCUT2D eigenvalue weighted by atomic mass is 32.2. The van der Waals surface area contributed by atoms with E-state index in [9.17, 15) is 13.2 Å². The number of carbonyl (C=O) groups is 1. The van der Waals surface area contributed by atoms with Crippen molar-refractivity contribution in [3.63, 3.8) is 0 Å². The van der Waals surface area contributed by atoms with Gasteiger partial charge in [-0.25, -0.2) is 12.7 Å². The Labute approximate surface area is 178 Å². The highest BCUT2D eigenvalue weighted by Crippen LogP contribution is 2.38. The average molecular weight is 433 g/mol. The monoisotopic (exact) mass is 432 g/mol. The Bertz CT molecular complexity index is 1090. The molecule has 30 heavy (non-hydrogen) atoms. The van der Waals surface area contributed by atoms with Gasteiger partial charge >= 0.3 is 0 Å². The largest absolute Gasteiger partial charge is 0.492 e. The molecule has 2 aromatic rings. The lowest BCUT2D eigenvalue weighted by atomic mass is 10.1. The number of aryl methyl sites for hydroxylation is 1. The van der Waals surface area contributed by atoms with E-state index in [1.165, 1.54) is 20.2 Å². The van der Waals surface area contributed by atoms with E-state index in [1.807, 2.05) is 19.9 Å². The third-order valence-corrected chi connectivity index (χ3v) is 7.13. The molecule has 2 aromatic carbocycles. The van der Waals surface area contributed by atoms with Crippen LogP contribution in [0.25, 0.3) is 0 Å². The zero-order valence-electron chi connectivity index (χ0n) is 18.2. The van der Waals surface area contributed by atoms with Gasteiger partial charge in [0.2, 0.25) is 10.0 Å². The third-order valence-electron chi connectivity index (χ3n) is 5.19. The van der Waals surface area contributed by atoms with E-state index in [-0.39, 0.29) is 16.6 Å². The molecule has 1 amide bonds. The summed E-state index contributed by atoms with van der Waals surface area (Å²) in [5.41, 5.74) is 3.13. The van der Waals surface area contributed by atoms with E-state index in [2.05, 4.69) is 5.32 Å². The maximum Gasteiger partial charge on any atom is 0.255 e. The number of carbonyl (C=O) groups excluding carboxylic acids is 1. The van der Waals surface area contributed by atoms with Gasteiger partial charge in [0.25, 0.3) is 5.91 Å². The Balaban J connectivity index is 1.99. The van der Waals surface area contributed by atoms with Crippen LogP contribution in [0, 0.1) is 13.8 Å². The highest BCUT2D eigenvalue weighted by Gasteiger charge is 2.25. The molecule has 7 nitrogen and oxygen atoms in total. The van der Waals surface area contributed by atoms with Crippen LogP contribution in [-0.4, -0.2) is 45.4 Å². The molecule has 0 unspecified atom stereocenters. The van der Waals surface area contributed by atoms with Crippen LogP contribution in [0.3, 0.4) is 0 Å². The molecule has 0 aliphatic carbocycles. The Hall–Kier alpha value is -2.58. The molecule has 0 fully saturated rings. The Morgan fingerprint density at radius 3 is 2.57 bits per heavy atom. The van der Waals surface area contributed by atoms with Crippen LogP contribution >= 0.6 is 0 Å². The van der Waals surface area contributed by atoms with E-state index >= 15 is 0 Å². The molecule has 0 bridgehead atoms. The fourth-order valence-electron chi connectivity index (χ4n) is 3.43. The first kappa shape index (κ1) is 22.1. The number of benzene rings is 2. The number of hydrogen-bond acceptors (Lipinski definition) is 5. The summed E-state index contributed by atoms with van der Waals surface area (Å²) in [6.45, 7) is 7.84. The summed E-state index contributed by atoms with van der Waals surface area (Å²) >= 11 is 0. The molecule has 162 valence electrons. The summed E-state index contributed by atoms with van der Waals surface area (Å²) < 4.78 is 38.0. The smallest absolute Gasteiger partial charge is 0.255 e. The molecule has 0 spiro atoms. The molecular formula is C22H28N2O5S. The van der Waals surface area contributed by atoms with E-state index in [0.29, 0.717) is 23.6 Å². The number of nitrogens with one attached hydrogen (secondary N) is 1. The lowest BCUT2D eigenvalue weighted by Crippen LogP contribution is -2.24. The Morgan fingerprint density at radius 2 is 1.93 bits per heavy atom. The molecule has 1 N–H and O–H groups in total. The van der Waals surface area contributed by atoms with Crippen molar-refractivity contribution in [3.8, 4) is 11.5 Å². The maximum absolute atomic E-state index is 13.0. The second-order valence-corrected chi connectivity index (χ2v) is 9.80. The number of hydrogen-bond donors (Lipinski definition) is 1. The van der Waals surface area contributed by atoms with Gasteiger partial charge in [-0.2, -0.15) is 0 Å². The second-order valence-electron chi connectivity index (χ2n) is 7.68. The molecule has 3 rings (SSSR count). The molecule has 8 heteroatoms. The van der Waals surface area contributed by atoms with Crippen LogP contribution in [-0.2, 0) is 16.4 Å². The number of ether oxygens (including phenoxy) is 2. The summed E-state index contributed by atoms with van der Waals surface area (Å²) in [7, 11) is -0.743. The predicted octanol–water partition coefficient (Wildman–Crippen LogP) is 3.53. The third kappa shape index (κ3) is 4.15. The summed E-state index contributed by atoms with van der Waals surface area (Å²) in [6, 6.07) is 6.76. The zero-order valence-corrected chi connectivity index (χ0v) is 19.0. The number of amides is 1. The minimum Gasteiger partial charge on any atom is -0.492 e. The van der Waals surface area contributed by atoms with Crippen LogP contribution < -0.4 is 14.8 Å². The molecule has 0 radical (unpaired) electrons. The van der Waals surface area contributed by atoms with Gasteiger partial charge in [0.05, 0.1) is 17.2 Å². The van der Waals surface area contributed by atoms with Crippen LogP contribution in [0.1, 0.15) is 40.9 Å². The van der Waals surface area contributed by atoms with Crippen molar-refractivity contribution in [1.29, 1.82) is 0 Å². The zero-order chi connectivity index (χ0) is 22.2. The Kier molecular flexibility index (Phi) is 6.10. The minimum atomic E-state index is -3.68. The minimum absolute atomic E-state index is 0.0685. The van der Waals surface area contributed by atoms with Crippen LogP contribution in [0.2, 0.25) is 0 Å². The summed E-state index contributed by atoms with van der Waals surface area (Å²) in [5, 5.41) is 2.86. The summed E-state index contributed by atoms with van der Waals surface area (Å²) in [6.07, 6.45) is 0.853. The maximum atomic E-state index is 13.0. The van der Waals surface area contributed by atoms with Crippen LogP contribution in [0.15, 0.2) is 29.2 Å². The van der Waals surface area contributed by atoms with E-state index in [0.717, 1.165) is 27.6 Å².